The molecule has 2 aromatic rings. The number of nitrogens with zero attached hydrogens (tertiary/aromatic N) is 2. The lowest BCUT2D eigenvalue weighted by atomic mass is 10.1. The molecule has 1 unspecified atom stereocenters. The number of anilines is 1. The maximum atomic E-state index is 13.2. The molecule has 0 spiro atoms. The van der Waals surface area contributed by atoms with E-state index < -0.39 is 11.2 Å². The molecule has 0 saturated carbocycles. The number of benzene rings is 2. The molecule has 28 heavy (non-hydrogen) atoms. The van der Waals surface area contributed by atoms with Crippen molar-refractivity contribution in [1.82, 2.24) is 0 Å². The van der Waals surface area contributed by atoms with Crippen LogP contribution in [0.4, 0.5) is 5.69 Å². The molecule has 0 aliphatic carbocycles. The summed E-state index contributed by atoms with van der Waals surface area (Å²) in [4.78, 5) is 26.4. The van der Waals surface area contributed by atoms with Crippen molar-refractivity contribution in [2.45, 2.75) is 18.6 Å². The SMILES string of the molecule is COc1ccc(CC2SC(=C(C#N)C(N)=O)N(c3cccc(C)c3)C2=O)cc1. The van der Waals surface area contributed by atoms with Gasteiger partial charge in [-0.1, -0.05) is 36.0 Å². The molecule has 0 radical (unpaired) electrons. The normalized spacial score (nSPS) is 18.0. The molecule has 1 atom stereocenters. The molecule has 142 valence electrons. The molecule has 7 heteroatoms. The van der Waals surface area contributed by atoms with E-state index in [-0.39, 0.29) is 16.5 Å². The first-order valence-electron chi connectivity index (χ1n) is 8.59. The van der Waals surface area contributed by atoms with Crippen molar-refractivity contribution in [2.24, 2.45) is 5.73 Å². The highest BCUT2D eigenvalue weighted by Crippen LogP contribution is 2.42. The first-order chi connectivity index (χ1) is 13.4. The average molecular weight is 393 g/mol. The second-order valence-electron chi connectivity index (χ2n) is 6.33. The summed E-state index contributed by atoms with van der Waals surface area (Å²) in [7, 11) is 1.59. The summed E-state index contributed by atoms with van der Waals surface area (Å²) < 4.78 is 5.16. The van der Waals surface area contributed by atoms with Crippen LogP contribution >= 0.6 is 11.8 Å². The van der Waals surface area contributed by atoms with Crippen LogP contribution in [0.25, 0.3) is 0 Å². The predicted molar refractivity (Wildman–Crippen MR) is 109 cm³/mol. The lowest BCUT2D eigenvalue weighted by Gasteiger charge is -2.18. The molecule has 1 heterocycles. The van der Waals surface area contributed by atoms with Gasteiger partial charge in [0.15, 0.2) is 0 Å². The highest BCUT2D eigenvalue weighted by molar-refractivity contribution is 8.05. The van der Waals surface area contributed by atoms with Gasteiger partial charge in [-0.3, -0.25) is 14.5 Å². The van der Waals surface area contributed by atoms with Gasteiger partial charge >= 0.3 is 0 Å². The molecule has 0 aromatic heterocycles. The Labute approximate surface area is 167 Å². The number of hydrogen-bond acceptors (Lipinski definition) is 5. The average Bonchev–Trinajstić information content (AvgIpc) is 2.98. The summed E-state index contributed by atoms with van der Waals surface area (Å²) in [6.07, 6.45) is 0.455. The topological polar surface area (TPSA) is 96.4 Å². The first kappa shape index (κ1) is 19.5. The number of ether oxygens (including phenoxy) is 1. The minimum atomic E-state index is -0.847. The molecule has 1 aliphatic rings. The maximum absolute atomic E-state index is 13.2. The van der Waals surface area contributed by atoms with Gasteiger partial charge < -0.3 is 10.5 Å². The number of carbonyl (C=O) groups excluding carboxylic acids is 2. The predicted octanol–water partition coefficient (Wildman–Crippen LogP) is 2.92. The molecule has 3 rings (SSSR count). The molecule has 1 saturated heterocycles. The van der Waals surface area contributed by atoms with Crippen molar-refractivity contribution in [1.29, 1.82) is 5.26 Å². The molecule has 0 bridgehead atoms. The second kappa shape index (κ2) is 8.19. The second-order valence-corrected chi connectivity index (χ2v) is 7.52. The summed E-state index contributed by atoms with van der Waals surface area (Å²) in [5.74, 6) is -0.299. The first-order valence-corrected chi connectivity index (χ1v) is 9.47. The summed E-state index contributed by atoms with van der Waals surface area (Å²) in [5.41, 5.74) is 7.70. The van der Waals surface area contributed by atoms with Crippen molar-refractivity contribution < 1.29 is 14.3 Å². The van der Waals surface area contributed by atoms with Gasteiger partial charge in [0.25, 0.3) is 5.91 Å². The van der Waals surface area contributed by atoms with Gasteiger partial charge in [-0.05, 0) is 48.7 Å². The third kappa shape index (κ3) is 3.87. The Kier molecular flexibility index (Phi) is 5.71. The standard InChI is InChI=1S/C21H19N3O3S/c1-13-4-3-5-15(10-13)24-20(26)18(28-21(24)17(12-22)19(23)25)11-14-6-8-16(27-2)9-7-14/h3-10,18H,11H2,1-2H3,(H2,23,25). The van der Waals surface area contributed by atoms with E-state index in [9.17, 15) is 14.9 Å². The van der Waals surface area contributed by atoms with Gasteiger partial charge in [-0.15, -0.1) is 0 Å². The van der Waals surface area contributed by atoms with E-state index in [1.165, 1.54) is 16.7 Å². The fourth-order valence-electron chi connectivity index (χ4n) is 2.98. The fourth-order valence-corrected chi connectivity index (χ4v) is 4.29. The smallest absolute Gasteiger partial charge is 0.262 e. The van der Waals surface area contributed by atoms with Crippen molar-refractivity contribution >= 4 is 29.3 Å². The third-order valence-corrected chi connectivity index (χ3v) is 5.63. The number of hydrogen-bond donors (Lipinski definition) is 1. The van der Waals surface area contributed by atoms with Crippen LogP contribution in [0, 0.1) is 18.3 Å². The van der Waals surface area contributed by atoms with Crippen molar-refractivity contribution in [3.63, 3.8) is 0 Å². The molecule has 2 N–H and O–H groups in total. The molecule has 1 fully saturated rings. The van der Waals surface area contributed by atoms with Gasteiger partial charge in [0.1, 0.15) is 22.4 Å². The summed E-state index contributed by atoms with van der Waals surface area (Å²) in [5, 5.41) is 9.24. The van der Waals surface area contributed by atoms with Crippen molar-refractivity contribution in [3.05, 3.63) is 70.3 Å². The van der Waals surface area contributed by atoms with Gasteiger partial charge in [-0.2, -0.15) is 5.26 Å². The van der Waals surface area contributed by atoms with E-state index in [0.29, 0.717) is 12.1 Å². The van der Waals surface area contributed by atoms with E-state index >= 15 is 0 Å². The molecule has 2 aromatic carbocycles. The zero-order valence-electron chi connectivity index (χ0n) is 15.5. The van der Waals surface area contributed by atoms with E-state index in [4.69, 9.17) is 10.5 Å². The quantitative estimate of drug-likeness (QED) is 0.622. The fraction of sp³-hybridized carbons (Fsp3) is 0.190. The zero-order chi connectivity index (χ0) is 20.3. The Morgan fingerprint density at radius 3 is 2.57 bits per heavy atom. The van der Waals surface area contributed by atoms with E-state index in [1.807, 2.05) is 55.5 Å². The number of primary amides is 1. The van der Waals surface area contributed by atoms with Crippen LogP contribution in [-0.4, -0.2) is 24.2 Å². The van der Waals surface area contributed by atoms with Gasteiger partial charge in [0.05, 0.1) is 12.4 Å². The summed E-state index contributed by atoms with van der Waals surface area (Å²) >= 11 is 1.19. The number of nitrogens with two attached hydrogens (primary N) is 1. The number of amides is 2. The summed E-state index contributed by atoms with van der Waals surface area (Å²) in [6, 6.07) is 16.7. The minimum Gasteiger partial charge on any atom is -0.497 e. The minimum absolute atomic E-state index is 0.185. The monoisotopic (exact) mass is 393 g/mol. The molecular weight excluding hydrogens is 374 g/mol. The zero-order valence-corrected chi connectivity index (χ0v) is 16.3. The Hall–Kier alpha value is -3.24. The highest BCUT2D eigenvalue weighted by Gasteiger charge is 2.40. The maximum Gasteiger partial charge on any atom is 0.262 e. The van der Waals surface area contributed by atoms with Crippen LogP contribution in [0.5, 0.6) is 5.75 Å². The summed E-state index contributed by atoms with van der Waals surface area (Å²) in [6.45, 7) is 1.91. The number of rotatable bonds is 5. The Balaban J connectivity index is 2.00. The molecule has 1 aliphatic heterocycles. The van der Waals surface area contributed by atoms with Crippen molar-refractivity contribution in [2.75, 3.05) is 12.0 Å². The highest BCUT2D eigenvalue weighted by atomic mass is 32.2. The van der Waals surface area contributed by atoms with E-state index in [2.05, 4.69) is 0 Å². The number of carbonyl (C=O) groups is 2. The molecular formula is C21H19N3O3S. The number of nitriles is 1. The van der Waals surface area contributed by atoms with E-state index in [0.717, 1.165) is 16.9 Å². The van der Waals surface area contributed by atoms with Gasteiger partial charge in [0, 0.05) is 5.69 Å². The van der Waals surface area contributed by atoms with E-state index in [1.54, 1.807) is 13.2 Å². The largest absolute Gasteiger partial charge is 0.497 e. The lowest BCUT2D eigenvalue weighted by Crippen LogP contribution is -2.31. The number of thioether (sulfide) groups is 1. The van der Waals surface area contributed by atoms with Crippen LogP contribution in [0.2, 0.25) is 0 Å². The molecule has 2 amide bonds. The number of methoxy groups -OCH3 is 1. The van der Waals surface area contributed by atoms with Crippen LogP contribution in [-0.2, 0) is 16.0 Å². The van der Waals surface area contributed by atoms with Crippen LogP contribution in [0.15, 0.2) is 59.1 Å². The van der Waals surface area contributed by atoms with Crippen molar-refractivity contribution in [3.8, 4) is 11.8 Å². The molecule has 6 nitrogen and oxygen atoms in total. The lowest BCUT2D eigenvalue weighted by molar-refractivity contribution is -0.117. The van der Waals surface area contributed by atoms with Gasteiger partial charge in [-0.25, -0.2) is 0 Å². The van der Waals surface area contributed by atoms with Crippen LogP contribution in [0.1, 0.15) is 11.1 Å². The van der Waals surface area contributed by atoms with Crippen LogP contribution in [0.3, 0.4) is 0 Å². The number of aryl methyl sites for hydroxylation is 1. The van der Waals surface area contributed by atoms with Crippen LogP contribution < -0.4 is 15.4 Å². The Morgan fingerprint density at radius 1 is 1.29 bits per heavy atom. The Morgan fingerprint density at radius 2 is 2.00 bits per heavy atom. The van der Waals surface area contributed by atoms with Gasteiger partial charge in [0.2, 0.25) is 5.91 Å². The third-order valence-electron chi connectivity index (χ3n) is 4.36. The Bertz CT molecular complexity index is 993.